The summed E-state index contributed by atoms with van der Waals surface area (Å²) in [5.74, 6) is 0.933. The minimum absolute atomic E-state index is 0.0566. The van der Waals surface area contributed by atoms with E-state index in [1.165, 1.54) is 13.3 Å². The molecule has 7 heteroatoms. The Kier molecular flexibility index (Phi) is 4.55. The molecule has 0 amide bonds. The van der Waals surface area contributed by atoms with Crippen molar-refractivity contribution in [3.63, 3.8) is 0 Å². The number of sulfone groups is 1. The number of hydrogen-bond donors (Lipinski definition) is 1. The molecule has 1 heterocycles. The van der Waals surface area contributed by atoms with Crippen molar-refractivity contribution in [2.45, 2.75) is 6.92 Å². The first-order chi connectivity index (χ1) is 8.37. The number of pyridine rings is 1. The summed E-state index contributed by atoms with van der Waals surface area (Å²) in [7, 11) is -1.82. The quantitative estimate of drug-likeness (QED) is 0.852. The average Bonchev–Trinajstić information content (AvgIpc) is 2.27. The highest BCUT2D eigenvalue weighted by atomic mass is 32.2. The zero-order chi connectivity index (χ0) is 13.8. The first kappa shape index (κ1) is 14.3. The van der Waals surface area contributed by atoms with Gasteiger partial charge in [0.15, 0.2) is 21.3 Å². The van der Waals surface area contributed by atoms with Gasteiger partial charge in [-0.1, -0.05) is 0 Å². The Hall–Kier alpha value is -1.76. The third kappa shape index (κ3) is 3.92. The highest BCUT2D eigenvalue weighted by Gasteiger charge is 2.09. The lowest BCUT2D eigenvalue weighted by Crippen LogP contribution is -2.04. The van der Waals surface area contributed by atoms with Crippen LogP contribution in [0.15, 0.2) is 17.7 Å². The summed E-state index contributed by atoms with van der Waals surface area (Å²) in [6.07, 6.45) is 2.50. The summed E-state index contributed by atoms with van der Waals surface area (Å²) >= 11 is 0. The van der Waals surface area contributed by atoms with Crippen LogP contribution in [-0.4, -0.2) is 33.4 Å². The fraction of sp³-hybridized carbons (Fsp3) is 0.364. The highest BCUT2D eigenvalue weighted by Crippen LogP contribution is 2.27. The van der Waals surface area contributed by atoms with Gasteiger partial charge in [0, 0.05) is 12.3 Å². The molecule has 0 spiro atoms. The molecule has 1 aromatic rings. The van der Waals surface area contributed by atoms with Gasteiger partial charge in [-0.2, -0.15) is 0 Å². The van der Waals surface area contributed by atoms with Crippen LogP contribution in [0.4, 0.5) is 0 Å². The van der Waals surface area contributed by atoms with E-state index in [0.29, 0.717) is 23.8 Å². The van der Waals surface area contributed by atoms with Gasteiger partial charge in [0.05, 0.1) is 36.7 Å². The second-order valence-electron chi connectivity index (χ2n) is 3.56. The number of nitrogens with zero attached hydrogens (tertiary/aromatic N) is 1. The van der Waals surface area contributed by atoms with Crippen molar-refractivity contribution in [3.05, 3.63) is 23.4 Å². The summed E-state index contributed by atoms with van der Waals surface area (Å²) in [6, 6.07) is 1.54. The molecular formula is C11H16N2O4S. The van der Waals surface area contributed by atoms with E-state index in [0.717, 1.165) is 11.7 Å². The Morgan fingerprint density at radius 3 is 2.67 bits per heavy atom. The van der Waals surface area contributed by atoms with Crippen LogP contribution in [0.3, 0.4) is 0 Å². The molecule has 0 aliphatic rings. The van der Waals surface area contributed by atoms with Gasteiger partial charge in [0.2, 0.25) is 0 Å². The molecule has 0 aliphatic carbocycles. The maximum Gasteiger partial charge on any atom is 0.179 e. The average molecular weight is 272 g/mol. The molecule has 1 rings (SSSR count). The van der Waals surface area contributed by atoms with E-state index in [1.807, 2.05) is 6.92 Å². The van der Waals surface area contributed by atoms with Crippen molar-refractivity contribution >= 4 is 15.5 Å². The zero-order valence-electron chi connectivity index (χ0n) is 10.5. The lowest BCUT2D eigenvalue weighted by atomic mass is 10.3. The molecule has 0 saturated heterocycles. The first-order valence-corrected chi connectivity index (χ1v) is 7.17. The minimum atomic E-state index is -3.31. The molecule has 6 nitrogen and oxygen atoms in total. The van der Waals surface area contributed by atoms with Gasteiger partial charge in [-0.3, -0.25) is 4.98 Å². The van der Waals surface area contributed by atoms with E-state index in [4.69, 9.17) is 15.2 Å². The summed E-state index contributed by atoms with van der Waals surface area (Å²) in [5.41, 5.74) is 6.04. The molecular weight excluding hydrogens is 256 g/mol. The molecule has 0 atom stereocenters. The number of methoxy groups -OCH3 is 1. The summed E-state index contributed by atoms with van der Waals surface area (Å²) < 4.78 is 32.6. The normalized spacial score (nSPS) is 12.3. The second-order valence-corrected chi connectivity index (χ2v) is 5.45. The van der Waals surface area contributed by atoms with Crippen LogP contribution in [0.5, 0.6) is 11.5 Å². The van der Waals surface area contributed by atoms with E-state index in [1.54, 1.807) is 6.07 Å². The molecule has 2 N–H and O–H groups in total. The predicted octanol–water partition coefficient (Wildman–Crippen LogP) is 0.791. The van der Waals surface area contributed by atoms with Crippen LogP contribution >= 0.6 is 0 Å². The lowest BCUT2D eigenvalue weighted by molar-refractivity contribution is 0.309. The number of rotatable bonds is 5. The molecule has 0 bridgehead atoms. The topological polar surface area (TPSA) is 91.5 Å². The third-order valence-electron chi connectivity index (χ3n) is 1.99. The largest absolute Gasteiger partial charge is 0.491 e. The van der Waals surface area contributed by atoms with Gasteiger partial charge in [0.25, 0.3) is 0 Å². The smallest absolute Gasteiger partial charge is 0.179 e. The summed E-state index contributed by atoms with van der Waals surface area (Å²) in [4.78, 5) is 4.01. The van der Waals surface area contributed by atoms with Crippen LogP contribution in [0, 0.1) is 0 Å². The van der Waals surface area contributed by atoms with Gasteiger partial charge in [-0.25, -0.2) is 8.42 Å². The highest BCUT2D eigenvalue weighted by molar-refractivity contribution is 7.93. The molecule has 0 aromatic carbocycles. The van der Waals surface area contributed by atoms with E-state index in [9.17, 15) is 8.42 Å². The maximum absolute atomic E-state index is 11.1. The molecule has 0 aliphatic heterocycles. The Balaban J connectivity index is 3.19. The molecule has 18 heavy (non-hydrogen) atoms. The molecule has 0 unspecified atom stereocenters. The second kappa shape index (κ2) is 5.72. The standard InChI is InChI=1S/C11H16N2O4S/c1-4-17-10-5-9(13-6-11(10)16-2)8(12)7-18(3,14)15/h5-7H,4,12H2,1-3H3/b8-7-. The Morgan fingerprint density at radius 1 is 1.50 bits per heavy atom. The van der Waals surface area contributed by atoms with Crippen molar-refractivity contribution < 1.29 is 17.9 Å². The van der Waals surface area contributed by atoms with E-state index < -0.39 is 9.84 Å². The fourth-order valence-electron chi connectivity index (χ4n) is 1.29. The van der Waals surface area contributed by atoms with Crippen molar-refractivity contribution in [1.82, 2.24) is 4.98 Å². The van der Waals surface area contributed by atoms with E-state index in [-0.39, 0.29) is 5.70 Å². The van der Waals surface area contributed by atoms with Crippen molar-refractivity contribution in [2.75, 3.05) is 20.0 Å². The fourth-order valence-corrected chi connectivity index (χ4v) is 1.88. The zero-order valence-corrected chi connectivity index (χ0v) is 11.3. The van der Waals surface area contributed by atoms with E-state index >= 15 is 0 Å². The van der Waals surface area contributed by atoms with Gasteiger partial charge < -0.3 is 15.2 Å². The first-order valence-electron chi connectivity index (χ1n) is 5.21. The van der Waals surface area contributed by atoms with Crippen molar-refractivity contribution in [2.24, 2.45) is 5.73 Å². The van der Waals surface area contributed by atoms with E-state index in [2.05, 4.69) is 4.98 Å². The van der Waals surface area contributed by atoms with Gasteiger partial charge >= 0.3 is 0 Å². The van der Waals surface area contributed by atoms with Crippen LogP contribution in [-0.2, 0) is 9.84 Å². The van der Waals surface area contributed by atoms with Crippen LogP contribution in [0.2, 0.25) is 0 Å². The molecule has 0 radical (unpaired) electrons. The number of aromatic nitrogens is 1. The SMILES string of the molecule is CCOc1cc(/C(N)=C/S(C)(=O)=O)ncc1OC. The third-order valence-corrected chi connectivity index (χ3v) is 2.67. The molecule has 1 aromatic heterocycles. The minimum Gasteiger partial charge on any atom is -0.491 e. The molecule has 0 saturated carbocycles. The Bertz CT molecular complexity index is 552. The number of hydrogen-bond acceptors (Lipinski definition) is 6. The van der Waals surface area contributed by atoms with Crippen LogP contribution < -0.4 is 15.2 Å². The summed E-state index contributed by atoms with van der Waals surface area (Å²) in [5, 5.41) is 0.956. The molecule has 100 valence electrons. The predicted molar refractivity (Wildman–Crippen MR) is 69.0 cm³/mol. The summed E-state index contributed by atoms with van der Waals surface area (Å²) in [6.45, 7) is 2.28. The Labute approximate surface area is 106 Å². The van der Waals surface area contributed by atoms with Gasteiger partial charge in [-0.15, -0.1) is 0 Å². The lowest BCUT2D eigenvalue weighted by Gasteiger charge is -2.10. The molecule has 0 fully saturated rings. The Morgan fingerprint density at radius 2 is 2.17 bits per heavy atom. The number of nitrogens with two attached hydrogens (primary N) is 1. The van der Waals surface area contributed by atoms with Crippen molar-refractivity contribution in [3.8, 4) is 11.5 Å². The van der Waals surface area contributed by atoms with Crippen LogP contribution in [0.25, 0.3) is 5.70 Å². The van der Waals surface area contributed by atoms with Gasteiger partial charge in [0.1, 0.15) is 0 Å². The monoisotopic (exact) mass is 272 g/mol. The van der Waals surface area contributed by atoms with Gasteiger partial charge in [-0.05, 0) is 6.92 Å². The maximum atomic E-state index is 11.1. The van der Waals surface area contributed by atoms with Crippen LogP contribution in [0.1, 0.15) is 12.6 Å². The van der Waals surface area contributed by atoms with Crippen molar-refractivity contribution in [1.29, 1.82) is 0 Å². The number of ether oxygens (including phenoxy) is 2.